The second-order valence-electron chi connectivity index (χ2n) is 18.0. The molecule has 0 radical (unpaired) electrons. The van der Waals surface area contributed by atoms with Crippen molar-refractivity contribution in [2.75, 3.05) is 4.90 Å². The SMILES string of the molecule is CC1(C)c2ccccc2-c2ccc(N(c3ccccc3)c3ccc(-c4ccc5c(c4)C4(c6ccccc6-c6ccc(-c7ccccc7)cc64)c4ccccc4-5)c4ccccc34)cc21. The smallest absolute Gasteiger partial charge is 0.0725 e. The molecule has 63 heavy (non-hydrogen) atoms. The first-order valence-corrected chi connectivity index (χ1v) is 22.2. The molecule has 0 fully saturated rings. The molecule has 3 aliphatic rings. The molecule has 0 amide bonds. The predicted octanol–water partition coefficient (Wildman–Crippen LogP) is 16.3. The molecule has 0 saturated carbocycles. The van der Waals surface area contributed by atoms with E-state index in [1.54, 1.807) is 0 Å². The van der Waals surface area contributed by atoms with Gasteiger partial charge in [0.25, 0.3) is 0 Å². The van der Waals surface area contributed by atoms with Crippen molar-refractivity contribution in [1.29, 1.82) is 0 Å². The first kappa shape index (κ1) is 36.0. The number of para-hydroxylation sites is 1. The Kier molecular flexibility index (Phi) is 7.64. The fourth-order valence-electron chi connectivity index (χ4n) is 11.7. The summed E-state index contributed by atoms with van der Waals surface area (Å²) in [5.74, 6) is 0. The molecule has 1 spiro atoms. The van der Waals surface area contributed by atoms with E-state index in [-0.39, 0.29) is 5.41 Å². The third-order valence-electron chi connectivity index (χ3n) is 14.5. The van der Waals surface area contributed by atoms with Crippen LogP contribution in [0.25, 0.3) is 66.4 Å². The summed E-state index contributed by atoms with van der Waals surface area (Å²) in [4.78, 5) is 2.45. The van der Waals surface area contributed by atoms with Gasteiger partial charge in [-0.2, -0.15) is 0 Å². The van der Waals surface area contributed by atoms with Crippen molar-refractivity contribution < 1.29 is 0 Å². The highest BCUT2D eigenvalue weighted by Crippen LogP contribution is 2.63. The summed E-state index contributed by atoms with van der Waals surface area (Å²) in [6.45, 7) is 4.73. The van der Waals surface area contributed by atoms with Crippen LogP contribution in [0.5, 0.6) is 0 Å². The van der Waals surface area contributed by atoms with Crippen molar-refractivity contribution in [1.82, 2.24) is 0 Å². The Labute approximate surface area is 369 Å². The van der Waals surface area contributed by atoms with E-state index in [2.05, 4.69) is 243 Å². The summed E-state index contributed by atoms with van der Waals surface area (Å²) in [5.41, 5.74) is 23.9. The van der Waals surface area contributed by atoms with Gasteiger partial charge < -0.3 is 4.90 Å². The molecule has 0 saturated heterocycles. The van der Waals surface area contributed by atoms with Gasteiger partial charge in [-0.3, -0.25) is 0 Å². The Hall–Kier alpha value is -7.74. The van der Waals surface area contributed by atoms with Crippen LogP contribution in [-0.4, -0.2) is 0 Å². The molecule has 0 bridgehead atoms. The van der Waals surface area contributed by atoms with Crippen LogP contribution in [0.4, 0.5) is 17.1 Å². The van der Waals surface area contributed by atoms with E-state index in [9.17, 15) is 0 Å². The van der Waals surface area contributed by atoms with Gasteiger partial charge in [0, 0.05) is 22.2 Å². The zero-order chi connectivity index (χ0) is 41.9. The maximum Gasteiger partial charge on any atom is 0.0725 e. The van der Waals surface area contributed by atoms with Gasteiger partial charge in [-0.15, -0.1) is 0 Å². The first-order chi connectivity index (χ1) is 31.0. The summed E-state index contributed by atoms with van der Waals surface area (Å²) in [6, 6.07) is 84.0. The molecule has 0 heterocycles. The lowest BCUT2D eigenvalue weighted by Gasteiger charge is -2.31. The van der Waals surface area contributed by atoms with Crippen LogP contribution in [0.3, 0.4) is 0 Å². The quantitative estimate of drug-likeness (QED) is 0.168. The minimum atomic E-state index is -0.459. The Bertz CT molecular complexity index is 3470. The van der Waals surface area contributed by atoms with Crippen molar-refractivity contribution in [3.05, 3.63) is 258 Å². The number of fused-ring (bicyclic) bond motifs is 14. The van der Waals surface area contributed by atoms with Gasteiger partial charge in [-0.05, 0) is 137 Å². The Morgan fingerprint density at radius 2 is 0.762 bits per heavy atom. The number of hydrogen-bond donors (Lipinski definition) is 0. The summed E-state index contributed by atoms with van der Waals surface area (Å²) < 4.78 is 0. The Morgan fingerprint density at radius 1 is 0.286 bits per heavy atom. The van der Waals surface area contributed by atoms with Crippen molar-refractivity contribution in [2.24, 2.45) is 0 Å². The zero-order valence-corrected chi connectivity index (χ0v) is 35.3. The number of benzene rings is 10. The molecule has 10 aromatic carbocycles. The van der Waals surface area contributed by atoms with Gasteiger partial charge in [0.1, 0.15) is 0 Å². The Morgan fingerprint density at radius 3 is 1.44 bits per heavy atom. The molecular weight excluding hydrogens is 759 g/mol. The number of rotatable bonds is 5. The van der Waals surface area contributed by atoms with Crippen molar-refractivity contribution in [3.8, 4) is 55.6 Å². The monoisotopic (exact) mass is 801 g/mol. The largest absolute Gasteiger partial charge is 0.310 e. The van der Waals surface area contributed by atoms with Crippen LogP contribution in [0.2, 0.25) is 0 Å². The second kappa shape index (κ2) is 13.4. The normalized spacial score (nSPS) is 15.7. The van der Waals surface area contributed by atoms with Gasteiger partial charge in [-0.25, -0.2) is 0 Å². The van der Waals surface area contributed by atoms with Gasteiger partial charge in [-0.1, -0.05) is 196 Å². The minimum Gasteiger partial charge on any atom is -0.310 e. The third-order valence-corrected chi connectivity index (χ3v) is 14.5. The molecule has 13 rings (SSSR count). The molecule has 1 atom stereocenters. The van der Waals surface area contributed by atoms with Gasteiger partial charge in [0.2, 0.25) is 0 Å². The van der Waals surface area contributed by atoms with E-state index in [0.717, 1.165) is 17.1 Å². The molecule has 0 aromatic heterocycles. The molecule has 3 aliphatic carbocycles. The highest BCUT2D eigenvalue weighted by Gasteiger charge is 2.51. The zero-order valence-electron chi connectivity index (χ0n) is 35.3. The standard InChI is InChI=1S/C62H43N/c1-61(2)54-26-14-11-22-47(54)50-34-31-44(39-57(50)61)63(43-19-7-4-8-20-43)60-36-35-45(46-21-9-10-25-53(46)60)42-30-33-52-49-24-13-16-28-56(49)62(59(52)38-42)55-27-15-12-23-48(55)51-32-29-41(37-58(51)62)40-17-5-3-6-18-40/h3-39H,1-2H3. The number of anilines is 3. The lowest BCUT2D eigenvalue weighted by Crippen LogP contribution is -2.26. The number of nitrogens with zero attached hydrogens (tertiary/aromatic N) is 1. The van der Waals surface area contributed by atoms with Crippen LogP contribution in [-0.2, 0) is 10.8 Å². The van der Waals surface area contributed by atoms with Crippen molar-refractivity contribution in [2.45, 2.75) is 24.7 Å². The summed E-state index contributed by atoms with van der Waals surface area (Å²) in [6.07, 6.45) is 0. The van der Waals surface area contributed by atoms with E-state index in [1.807, 2.05) is 0 Å². The van der Waals surface area contributed by atoms with E-state index < -0.39 is 5.41 Å². The lowest BCUT2D eigenvalue weighted by atomic mass is 9.70. The summed E-state index contributed by atoms with van der Waals surface area (Å²) in [7, 11) is 0. The summed E-state index contributed by atoms with van der Waals surface area (Å²) in [5, 5.41) is 2.44. The Balaban J connectivity index is 1.01. The maximum atomic E-state index is 2.52. The molecule has 10 aromatic rings. The molecule has 0 N–H and O–H groups in total. The van der Waals surface area contributed by atoms with Crippen LogP contribution in [0, 0.1) is 0 Å². The van der Waals surface area contributed by atoms with Crippen LogP contribution in [0.15, 0.2) is 224 Å². The van der Waals surface area contributed by atoms with E-state index in [4.69, 9.17) is 0 Å². The first-order valence-electron chi connectivity index (χ1n) is 22.2. The van der Waals surface area contributed by atoms with Gasteiger partial charge in [0.05, 0.1) is 11.1 Å². The lowest BCUT2D eigenvalue weighted by molar-refractivity contribution is 0.660. The van der Waals surface area contributed by atoms with Crippen LogP contribution < -0.4 is 4.90 Å². The highest BCUT2D eigenvalue weighted by molar-refractivity contribution is 6.07. The average Bonchev–Trinajstić information content (AvgIpc) is 3.90. The second-order valence-corrected chi connectivity index (χ2v) is 18.0. The van der Waals surface area contributed by atoms with E-state index in [1.165, 1.54) is 99.8 Å². The fraction of sp³-hybridized carbons (Fsp3) is 0.0645. The molecule has 1 heteroatoms. The third kappa shape index (κ3) is 4.99. The average molecular weight is 802 g/mol. The molecule has 1 unspecified atom stereocenters. The maximum absolute atomic E-state index is 2.52. The topological polar surface area (TPSA) is 3.24 Å². The minimum absolute atomic E-state index is 0.107. The van der Waals surface area contributed by atoms with Crippen molar-refractivity contribution in [3.63, 3.8) is 0 Å². The number of hydrogen-bond acceptors (Lipinski definition) is 1. The van der Waals surface area contributed by atoms with Crippen LogP contribution in [0.1, 0.15) is 47.2 Å². The molecule has 0 aliphatic heterocycles. The molecular formula is C62H43N. The summed E-state index contributed by atoms with van der Waals surface area (Å²) >= 11 is 0. The van der Waals surface area contributed by atoms with Crippen molar-refractivity contribution >= 4 is 27.8 Å². The van der Waals surface area contributed by atoms with E-state index in [0.29, 0.717) is 0 Å². The van der Waals surface area contributed by atoms with E-state index >= 15 is 0 Å². The predicted molar refractivity (Wildman–Crippen MR) is 263 cm³/mol. The molecule has 1 nitrogen and oxygen atoms in total. The van der Waals surface area contributed by atoms with Gasteiger partial charge >= 0.3 is 0 Å². The fourth-order valence-corrected chi connectivity index (χ4v) is 11.7. The van der Waals surface area contributed by atoms with Gasteiger partial charge in [0.15, 0.2) is 0 Å². The van der Waals surface area contributed by atoms with Crippen LogP contribution >= 0.6 is 0 Å². The molecule has 296 valence electrons. The highest BCUT2D eigenvalue weighted by atomic mass is 15.1.